The van der Waals surface area contributed by atoms with Gasteiger partial charge >= 0.3 is 5.69 Å². The van der Waals surface area contributed by atoms with Crippen molar-refractivity contribution in [3.05, 3.63) is 16.3 Å². The summed E-state index contributed by atoms with van der Waals surface area (Å²) in [6.45, 7) is 6.45. The third-order valence-electron chi connectivity index (χ3n) is 6.72. The number of amides is 1. The first-order valence-corrected chi connectivity index (χ1v) is 12.2. The van der Waals surface area contributed by atoms with Crippen LogP contribution in [0.15, 0.2) is 9.79 Å². The zero-order chi connectivity index (χ0) is 21.6. The molecule has 31 heavy (non-hydrogen) atoms. The highest BCUT2D eigenvalue weighted by Gasteiger charge is 2.32. The normalized spacial score (nSPS) is 22.0. The molecule has 9 heteroatoms. The first-order valence-electron chi connectivity index (χ1n) is 12.2. The van der Waals surface area contributed by atoms with Crippen molar-refractivity contribution < 1.29 is 4.79 Å². The number of carbonyl (C=O) groups excluding carboxylic acids is 1. The van der Waals surface area contributed by atoms with E-state index >= 15 is 0 Å². The molecule has 0 spiro atoms. The van der Waals surface area contributed by atoms with E-state index in [2.05, 4.69) is 22.7 Å². The number of aliphatic imine (C=N–C) groups is 1. The molecule has 2 aliphatic heterocycles. The van der Waals surface area contributed by atoms with E-state index in [1.54, 1.807) is 4.68 Å². The molecule has 1 aromatic rings. The molecule has 1 unspecified atom stereocenters. The van der Waals surface area contributed by atoms with Crippen LogP contribution in [0.25, 0.3) is 0 Å². The molecular weight excluding hydrogens is 394 g/mol. The summed E-state index contributed by atoms with van der Waals surface area (Å²) < 4.78 is 3.41. The maximum absolute atomic E-state index is 12.7. The summed E-state index contributed by atoms with van der Waals surface area (Å²) in [5.41, 5.74) is 0.0155. The second-order valence-corrected chi connectivity index (χ2v) is 9.04. The average Bonchev–Trinajstić information content (AvgIpc) is 3.52. The van der Waals surface area contributed by atoms with Gasteiger partial charge in [-0.25, -0.2) is 9.48 Å². The smallest absolute Gasteiger partial charge is 0.345 e. The molecule has 3 heterocycles. The summed E-state index contributed by atoms with van der Waals surface area (Å²) in [5.74, 6) is 2.31. The Bertz CT molecular complexity index is 837. The van der Waals surface area contributed by atoms with Gasteiger partial charge in [0, 0.05) is 57.6 Å². The lowest BCUT2D eigenvalue weighted by molar-refractivity contribution is -0.134. The second-order valence-electron chi connectivity index (χ2n) is 9.04. The van der Waals surface area contributed by atoms with Crippen molar-refractivity contribution in [1.82, 2.24) is 29.9 Å². The summed E-state index contributed by atoms with van der Waals surface area (Å²) >= 11 is 0. The van der Waals surface area contributed by atoms with Crippen LogP contribution in [0.3, 0.4) is 0 Å². The topological polar surface area (TPSA) is 96.6 Å². The summed E-state index contributed by atoms with van der Waals surface area (Å²) in [7, 11) is 0. The van der Waals surface area contributed by atoms with Crippen LogP contribution in [0.1, 0.15) is 64.1 Å². The van der Waals surface area contributed by atoms with Crippen molar-refractivity contribution in [2.24, 2.45) is 10.9 Å². The molecule has 1 saturated carbocycles. The first kappa shape index (κ1) is 21.9. The second kappa shape index (κ2) is 10.3. The Morgan fingerprint density at radius 1 is 1.16 bits per heavy atom. The molecule has 9 nitrogen and oxygen atoms in total. The molecular formula is C22H37N7O2. The number of hydrogen-bond donors (Lipinski definition) is 2. The molecule has 1 aliphatic carbocycles. The quantitative estimate of drug-likeness (QED) is 0.383. The number of rotatable bonds is 7. The number of nitrogens with zero attached hydrogens (tertiary/aromatic N) is 5. The Morgan fingerprint density at radius 2 is 2.00 bits per heavy atom. The number of aromatic nitrogens is 3. The van der Waals surface area contributed by atoms with Gasteiger partial charge in [0.2, 0.25) is 5.91 Å². The van der Waals surface area contributed by atoms with Gasteiger partial charge in [-0.1, -0.05) is 12.8 Å². The fourth-order valence-corrected chi connectivity index (χ4v) is 5.03. The van der Waals surface area contributed by atoms with Crippen molar-refractivity contribution in [3.8, 4) is 0 Å². The van der Waals surface area contributed by atoms with Crippen LogP contribution in [0.4, 0.5) is 0 Å². The summed E-state index contributed by atoms with van der Waals surface area (Å²) in [6, 6.07) is 0.241. The first-order chi connectivity index (χ1) is 15.2. The highest BCUT2D eigenvalue weighted by molar-refractivity contribution is 5.81. The SMILES string of the molecule is CCNC(=NCCCn1nc2n(c1=O)CCCC2)NC1CCN(C(=O)C2CCCC2)C1. The number of guanidine groups is 1. The van der Waals surface area contributed by atoms with Crippen LogP contribution in [0.5, 0.6) is 0 Å². The van der Waals surface area contributed by atoms with Crippen molar-refractivity contribution in [2.75, 3.05) is 26.2 Å². The van der Waals surface area contributed by atoms with Gasteiger partial charge in [0.15, 0.2) is 5.96 Å². The average molecular weight is 432 g/mol. The van der Waals surface area contributed by atoms with Crippen molar-refractivity contribution in [1.29, 1.82) is 0 Å². The number of nitrogens with one attached hydrogen (secondary N) is 2. The lowest BCUT2D eigenvalue weighted by Crippen LogP contribution is -2.45. The van der Waals surface area contributed by atoms with Gasteiger partial charge in [-0.05, 0) is 45.4 Å². The Labute approximate surface area is 184 Å². The van der Waals surface area contributed by atoms with Gasteiger partial charge in [-0.2, -0.15) is 5.10 Å². The van der Waals surface area contributed by atoms with E-state index in [1.165, 1.54) is 12.8 Å². The highest BCUT2D eigenvalue weighted by atomic mass is 16.2. The van der Waals surface area contributed by atoms with Crippen LogP contribution < -0.4 is 16.3 Å². The van der Waals surface area contributed by atoms with Crippen molar-refractivity contribution in [3.63, 3.8) is 0 Å². The largest absolute Gasteiger partial charge is 0.357 e. The molecule has 1 amide bonds. The van der Waals surface area contributed by atoms with Crippen LogP contribution in [0.2, 0.25) is 0 Å². The standard InChI is InChI=1S/C22H37N7O2/c1-2-23-21(25-18-11-15-27(16-18)20(30)17-8-3-4-9-17)24-12-7-14-29-22(31)28-13-6-5-10-19(28)26-29/h17-18H,2-16H2,1H3,(H2,23,24,25). The summed E-state index contributed by atoms with van der Waals surface area (Å²) in [6.07, 6.45) is 9.29. The molecule has 1 aromatic heterocycles. The molecule has 1 atom stereocenters. The zero-order valence-electron chi connectivity index (χ0n) is 18.8. The zero-order valence-corrected chi connectivity index (χ0v) is 18.8. The Kier molecular flexibility index (Phi) is 7.29. The monoisotopic (exact) mass is 431 g/mol. The Morgan fingerprint density at radius 3 is 2.77 bits per heavy atom. The van der Waals surface area contributed by atoms with E-state index in [4.69, 9.17) is 4.99 Å². The summed E-state index contributed by atoms with van der Waals surface area (Å²) in [4.78, 5) is 31.8. The molecule has 3 aliphatic rings. The van der Waals surface area contributed by atoms with Gasteiger partial charge < -0.3 is 15.5 Å². The van der Waals surface area contributed by atoms with Gasteiger partial charge in [-0.15, -0.1) is 0 Å². The van der Waals surface area contributed by atoms with Crippen molar-refractivity contribution >= 4 is 11.9 Å². The minimum atomic E-state index is 0.0155. The molecule has 172 valence electrons. The predicted octanol–water partition coefficient (Wildman–Crippen LogP) is 1.12. The van der Waals surface area contributed by atoms with E-state index in [-0.39, 0.29) is 17.6 Å². The van der Waals surface area contributed by atoms with E-state index < -0.39 is 0 Å². The molecule has 0 aromatic carbocycles. The maximum Gasteiger partial charge on any atom is 0.345 e. The van der Waals surface area contributed by atoms with Crippen LogP contribution >= 0.6 is 0 Å². The molecule has 1 saturated heterocycles. The minimum Gasteiger partial charge on any atom is -0.357 e. The third-order valence-corrected chi connectivity index (χ3v) is 6.72. The van der Waals surface area contributed by atoms with Crippen LogP contribution in [-0.4, -0.2) is 63.3 Å². The van der Waals surface area contributed by atoms with E-state index in [9.17, 15) is 9.59 Å². The van der Waals surface area contributed by atoms with E-state index in [1.807, 2.05) is 9.47 Å². The van der Waals surface area contributed by atoms with Crippen LogP contribution in [0, 0.1) is 5.92 Å². The van der Waals surface area contributed by atoms with Gasteiger partial charge in [0.05, 0.1) is 0 Å². The molecule has 2 N–H and O–H groups in total. The van der Waals surface area contributed by atoms with Gasteiger partial charge in [0.1, 0.15) is 5.82 Å². The lowest BCUT2D eigenvalue weighted by Gasteiger charge is -2.21. The third kappa shape index (κ3) is 5.30. The number of fused-ring (bicyclic) bond motifs is 1. The van der Waals surface area contributed by atoms with Gasteiger partial charge in [-0.3, -0.25) is 14.4 Å². The fourth-order valence-electron chi connectivity index (χ4n) is 5.03. The summed E-state index contributed by atoms with van der Waals surface area (Å²) in [5, 5.41) is 11.3. The molecule has 2 fully saturated rings. The lowest BCUT2D eigenvalue weighted by atomic mass is 10.1. The van der Waals surface area contributed by atoms with E-state index in [0.717, 1.165) is 82.9 Å². The number of carbonyl (C=O) groups is 1. The maximum atomic E-state index is 12.7. The molecule has 0 radical (unpaired) electrons. The minimum absolute atomic E-state index is 0.0155. The predicted molar refractivity (Wildman–Crippen MR) is 120 cm³/mol. The highest BCUT2D eigenvalue weighted by Crippen LogP contribution is 2.27. The molecule has 0 bridgehead atoms. The Hall–Kier alpha value is -2.32. The van der Waals surface area contributed by atoms with Gasteiger partial charge in [0.25, 0.3) is 0 Å². The van der Waals surface area contributed by atoms with E-state index in [0.29, 0.717) is 19.0 Å². The van der Waals surface area contributed by atoms with Crippen molar-refractivity contribution in [2.45, 2.75) is 83.8 Å². The fraction of sp³-hybridized carbons (Fsp3) is 0.818. The number of hydrogen-bond acceptors (Lipinski definition) is 4. The number of aryl methyl sites for hydroxylation is 2. The number of likely N-dealkylation sites (tertiary alicyclic amines) is 1. The van der Waals surface area contributed by atoms with Crippen LogP contribution in [-0.2, 0) is 24.3 Å². The molecule has 4 rings (SSSR count). The Balaban J connectivity index is 1.25.